The lowest BCUT2D eigenvalue weighted by Gasteiger charge is -2.35. The Balaban J connectivity index is 1.22. The zero-order chi connectivity index (χ0) is 38.6. The molecule has 0 radical (unpaired) electrons. The van der Waals surface area contributed by atoms with Crippen LogP contribution in [0.4, 0.5) is 4.79 Å². The largest absolute Gasteiger partial charge is 0.497 e. The number of nitrogens with one attached hydrogen (secondary N) is 3. The van der Waals surface area contributed by atoms with Crippen molar-refractivity contribution in [2.75, 3.05) is 13.7 Å². The fourth-order valence-electron chi connectivity index (χ4n) is 7.80. The van der Waals surface area contributed by atoms with Gasteiger partial charge in [0, 0.05) is 17.7 Å². The Kier molecular flexibility index (Phi) is 10.1. The van der Waals surface area contributed by atoms with E-state index in [1.165, 1.54) is 11.0 Å². The fraction of sp³-hybridized carbons (Fsp3) is 0.615. The number of benzene rings is 1. The van der Waals surface area contributed by atoms with Crippen molar-refractivity contribution in [3.8, 4) is 11.5 Å². The van der Waals surface area contributed by atoms with Gasteiger partial charge in [0.2, 0.25) is 21.8 Å². The molecule has 15 heteroatoms. The standard InChI is InChI=1S/C39H51N5O9S/c1-6-24-20-39(24,36(47)43-54(49,50)27-13-14-27)42-34(45)30-19-26-21-44(30)35(46)33(38(2,3)4)41-37(48)53-31-17-22(31)10-8-7-9-11-29-32(52-26)18-23-16-25(51-5)12-15-28(23)40-29/h6,12,15-16,18,22,24,26-27,30-31,33H,1,7-11,13-14,17,19-21H2,2-5H3,(H,41,48)(H,42,45)(H,43,47)/t22?,24-,26-,30+,31-,33-,39-/m1/s1. The van der Waals surface area contributed by atoms with Crippen LogP contribution in [0.3, 0.4) is 0 Å². The molecule has 3 N–H and O–H groups in total. The van der Waals surface area contributed by atoms with Gasteiger partial charge in [-0.3, -0.25) is 19.1 Å². The smallest absolute Gasteiger partial charge is 0.408 e. The maximum atomic E-state index is 14.6. The summed E-state index contributed by atoms with van der Waals surface area (Å²) in [6.07, 6.45) is 6.26. The number of hydrogen-bond donors (Lipinski definition) is 3. The second-order valence-electron chi connectivity index (χ2n) is 16.6. The van der Waals surface area contributed by atoms with Crippen molar-refractivity contribution >= 4 is 44.7 Å². The SMILES string of the molecule is C=C[C@@H]1C[C@]1(NC(=O)[C@@H]1C[C@@H]2CN1C(=O)[C@H](C(C)(C)C)NC(=O)O[C@@H]1CC1CCCCCc1nc3ccc(OC)cc3cc1O2)C(=O)NS(=O)(=O)C1CC1. The Morgan fingerprint density at radius 1 is 1.09 bits per heavy atom. The predicted octanol–water partition coefficient (Wildman–Crippen LogP) is 3.91. The molecule has 3 aliphatic carbocycles. The zero-order valence-corrected chi connectivity index (χ0v) is 32.2. The number of aryl methyl sites for hydroxylation is 1. The molecule has 3 heterocycles. The summed E-state index contributed by atoms with van der Waals surface area (Å²) in [7, 11) is -2.30. The van der Waals surface area contributed by atoms with Crippen molar-refractivity contribution in [1.29, 1.82) is 0 Å². The molecule has 1 aromatic carbocycles. The number of sulfonamides is 1. The number of pyridine rings is 1. The molecule has 1 unspecified atom stereocenters. The summed E-state index contributed by atoms with van der Waals surface area (Å²) in [4.78, 5) is 62.1. The molecule has 2 aliphatic heterocycles. The molecule has 0 spiro atoms. The maximum absolute atomic E-state index is 14.6. The molecular formula is C39H51N5O9S. The number of aromatic nitrogens is 1. The van der Waals surface area contributed by atoms with E-state index >= 15 is 0 Å². The van der Waals surface area contributed by atoms with Gasteiger partial charge in [-0.15, -0.1) is 6.58 Å². The minimum absolute atomic E-state index is 0.000652. The van der Waals surface area contributed by atoms with E-state index in [0.29, 0.717) is 30.8 Å². The number of ether oxygens (including phenoxy) is 3. The van der Waals surface area contributed by atoms with Crippen LogP contribution in [0.1, 0.15) is 84.3 Å². The number of hydrogen-bond acceptors (Lipinski definition) is 10. The van der Waals surface area contributed by atoms with E-state index in [2.05, 4.69) is 21.9 Å². The average Bonchev–Trinajstić information content (AvgIpc) is 4.04. The minimum Gasteiger partial charge on any atom is -0.497 e. The second kappa shape index (κ2) is 14.3. The highest BCUT2D eigenvalue weighted by molar-refractivity contribution is 7.91. The summed E-state index contributed by atoms with van der Waals surface area (Å²) in [6, 6.07) is 5.37. The summed E-state index contributed by atoms with van der Waals surface area (Å²) in [5, 5.41) is 5.81. The minimum atomic E-state index is -3.89. The molecule has 1 saturated heterocycles. The van der Waals surface area contributed by atoms with E-state index in [-0.39, 0.29) is 31.4 Å². The summed E-state index contributed by atoms with van der Waals surface area (Å²) >= 11 is 0. The molecule has 1 aromatic heterocycles. The quantitative estimate of drug-likeness (QED) is 0.350. The number of rotatable bonds is 7. The van der Waals surface area contributed by atoms with E-state index in [9.17, 15) is 27.6 Å². The number of carbonyl (C=O) groups is 4. The van der Waals surface area contributed by atoms with Crippen molar-refractivity contribution < 1.29 is 41.8 Å². The lowest BCUT2D eigenvalue weighted by Crippen LogP contribution is -2.60. The molecule has 4 amide bonds. The lowest BCUT2D eigenvalue weighted by molar-refractivity contribution is -0.142. The van der Waals surface area contributed by atoms with Gasteiger partial charge in [-0.05, 0) is 80.5 Å². The topological polar surface area (TPSA) is 182 Å². The first-order valence-electron chi connectivity index (χ1n) is 19.0. The van der Waals surface area contributed by atoms with Gasteiger partial charge in [0.15, 0.2) is 0 Å². The monoisotopic (exact) mass is 765 g/mol. The summed E-state index contributed by atoms with van der Waals surface area (Å²) in [6.45, 7) is 9.25. The van der Waals surface area contributed by atoms with E-state index in [0.717, 1.165) is 48.7 Å². The molecule has 292 valence electrons. The maximum Gasteiger partial charge on any atom is 0.408 e. The van der Waals surface area contributed by atoms with Crippen molar-refractivity contribution in [1.82, 2.24) is 25.2 Å². The molecule has 54 heavy (non-hydrogen) atoms. The number of nitrogens with zero attached hydrogens (tertiary/aromatic N) is 2. The first kappa shape index (κ1) is 37.9. The van der Waals surface area contributed by atoms with Crippen LogP contribution in [-0.2, 0) is 35.6 Å². The first-order chi connectivity index (χ1) is 25.6. The van der Waals surface area contributed by atoms with E-state index in [1.807, 2.05) is 45.0 Å². The molecule has 7 atom stereocenters. The Labute approximate surface area is 316 Å². The van der Waals surface area contributed by atoms with E-state index < -0.39 is 74.1 Å². The Morgan fingerprint density at radius 2 is 1.87 bits per heavy atom. The molecule has 4 fully saturated rings. The molecule has 5 aliphatic rings. The number of methoxy groups -OCH3 is 1. The lowest BCUT2D eigenvalue weighted by atomic mass is 9.85. The molecule has 2 bridgehead atoms. The van der Waals surface area contributed by atoms with Gasteiger partial charge < -0.3 is 29.7 Å². The fourth-order valence-corrected chi connectivity index (χ4v) is 9.17. The van der Waals surface area contributed by atoms with Crippen molar-refractivity contribution in [2.24, 2.45) is 17.3 Å². The highest BCUT2D eigenvalue weighted by Gasteiger charge is 2.62. The molecule has 3 saturated carbocycles. The van der Waals surface area contributed by atoms with Gasteiger partial charge in [-0.2, -0.15) is 0 Å². The van der Waals surface area contributed by atoms with Crippen LogP contribution < -0.4 is 24.8 Å². The van der Waals surface area contributed by atoms with Crippen LogP contribution in [-0.4, -0.2) is 90.9 Å². The summed E-state index contributed by atoms with van der Waals surface area (Å²) in [5.41, 5.74) is -0.763. The van der Waals surface area contributed by atoms with Gasteiger partial charge in [0.05, 0.1) is 30.1 Å². The molecular weight excluding hydrogens is 715 g/mol. The van der Waals surface area contributed by atoms with Crippen LogP contribution in [0.5, 0.6) is 11.5 Å². The van der Waals surface area contributed by atoms with Crippen LogP contribution in [0, 0.1) is 17.3 Å². The van der Waals surface area contributed by atoms with E-state index in [1.54, 1.807) is 7.11 Å². The van der Waals surface area contributed by atoms with Crippen molar-refractivity contribution in [3.05, 3.63) is 42.6 Å². The zero-order valence-electron chi connectivity index (χ0n) is 31.4. The van der Waals surface area contributed by atoms with Crippen molar-refractivity contribution in [3.63, 3.8) is 0 Å². The molecule has 14 nitrogen and oxygen atoms in total. The summed E-state index contributed by atoms with van der Waals surface area (Å²) in [5.74, 6) is -1.01. The second-order valence-corrected chi connectivity index (χ2v) is 18.6. The highest BCUT2D eigenvalue weighted by Crippen LogP contribution is 2.46. The number of alkyl carbamates (subject to hydrolysis) is 1. The van der Waals surface area contributed by atoms with Gasteiger partial charge in [0.1, 0.15) is 41.3 Å². The molecule has 7 rings (SSSR count). The van der Waals surface area contributed by atoms with Crippen LogP contribution in [0.25, 0.3) is 10.9 Å². The first-order valence-corrected chi connectivity index (χ1v) is 20.6. The van der Waals surface area contributed by atoms with Crippen molar-refractivity contribution in [2.45, 2.75) is 120 Å². The third-order valence-electron chi connectivity index (χ3n) is 11.4. The van der Waals surface area contributed by atoms with Crippen LogP contribution in [0.2, 0.25) is 0 Å². The third-order valence-corrected chi connectivity index (χ3v) is 13.3. The Bertz CT molecular complexity index is 1960. The highest BCUT2D eigenvalue weighted by atomic mass is 32.2. The predicted molar refractivity (Wildman–Crippen MR) is 199 cm³/mol. The van der Waals surface area contributed by atoms with Crippen LogP contribution >= 0.6 is 0 Å². The number of fused-ring (bicyclic) bond motifs is 5. The Hall–Kier alpha value is -4.40. The normalized spacial score (nSPS) is 30.3. The Morgan fingerprint density at radius 3 is 2.56 bits per heavy atom. The number of carbonyl (C=O) groups excluding carboxylic acids is 4. The van der Waals surface area contributed by atoms with Gasteiger partial charge >= 0.3 is 6.09 Å². The molecule has 2 aromatic rings. The third kappa shape index (κ3) is 7.87. The average molecular weight is 766 g/mol. The summed E-state index contributed by atoms with van der Waals surface area (Å²) < 4.78 is 45.5. The number of amides is 4. The van der Waals surface area contributed by atoms with Gasteiger partial charge in [-0.25, -0.2) is 18.2 Å². The van der Waals surface area contributed by atoms with E-state index in [4.69, 9.17) is 19.2 Å². The van der Waals surface area contributed by atoms with Gasteiger partial charge in [0.25, 0.3) is 5.91 Å². The van der Waals surface area contributed by atoms with Crippen LogP contribution in [0.15, 0.2) is 36.9 Å². The van der Waals surface area contributed by atoms with Gasteiger partial charge in [-0.1, -0.05) is 39.7 Å².